The van der Waals surface area contributed by atoms with Crippen LogP contribution in [0, 0.1) is 6.92 Å². The lowest BCUT2D eigenvalue weighted by atomic mass is 9.98. The van der Waals surface area contributed by atoms with Crippen molar-refractivity contribution in [3.05, 3.63) is 69.2 Å². The van der Waals surface area contributed by atoms with Crippen LogP contribution >= 0.6 is 23.2 Å². The first-order chi connectivity index (χ1) is 10.9. The van der Waals surface area contributed by atoms with Crippen LogP contribution in [0.5, 0.6) is 0 Å². The van der Waals surface area contributed by atoms with Crippen LogP contribution in [0.2, 0.25) is 10.0 Å². The lowest BCUT2D eigenvalue weighted by molar-refractivity contribution is -0.111. The largest absolute Gasteiger partial charge is 0.322 e. The fourth-order valence-corrected chi connectivity index (χ4v) is 2.86. The van der Waals surface area contributed by atoms with E-state index in [9.17, 15) is 4.79 Å². The Morgan fingerprint density at radius 3 is 2.30 bits per heavy atom. The Morgan fingerprint density at radius 1 is 1.09 bits per heavy atom. The third-order valence-electron chi connectivity index (χ3n) is 3.58. The van der Waals surface area contributed by atoms with Gasteiger partial charge in [0.15, 0.2) is 0 Å². The van der Waals surface area contributed by atoms with Gasteiger partial charge in [0, 0.05) is 27.4 Å². The lowest BCUT2D eigenvalue weighted by Gasteiger charge is -2.15. The van der Waals surface area contributed by atoms with Gasteiger partial charge in [-0.1, -0.05) is 61.3 Å². The molecule has 0 unspecified atom stereocenters. The van der Waals surface area contributed by atoms with Crippen molar-refractivity contribution in [3.63, 3.8) is 0 Å². The summed E-state index contributed by atoms with van der Waals surface area (Å²) >= 11 is 12.2. The molecule has 0 aromatic heterocycles. The first kappa shape index (κ1) is 17.6. The van der Waals surface area contributed by atoms with Gasteiger partial charge in [-0.25, -0.2) is 0 Å². The SMILES string of the molecule is Cc1cccc(C(C)C)c1NC(=O)C=Cc1c(Cl)cccc1Cl. The number of rotatable bonds is 4. The van der Waals surface area contributed by atoms with E-state index in [1.165, 1.54) is 6.08 Å². The molecule has 0 radical (unpaired) electrons. The number of carbonyl (C=O) groups is 1. The predicted molar refractivity (Wildman–Crippen MR) is 99.4 cm³/mol. The van der Waals surface area contributed by atoms with Crippen LogP contribution in [0.25, 0.3) is 6.08 Å². The molecule has 2 nitrogen and oxygen atoms in total. The molecule has 0 aliphatic carbocycles. The Labute approximate surface area is 147 Å². The number of para-hydroxylation sites is 1. The fourth-order valence-electron chi connectivity index (χ4n) is 2.34. The third kappa shape index (κ3) is 4.37. The Kier molecular flexibility index (Phi) is 5.86. The molecule has 0 aliphatic heterocycles. The lowest BCUT2D eigenvalue weighted by Crippen LogP contribution is -2.11. The van der Waals surface area contributed by atoms with Crippen LogP contribution in [-0.4, -0.2) is 5.91 Å². The number of amides is 1. The molecule has 2 aromatic rings. The first-order valence-electron chi connectivity index (χ1n) is 7.42. The summed E-state index contributed by atoms with van der Waals surface area (Å²) in [6.45, 7) is 6.18. The molecule has 0 aliphatic rings. The third-order valence-corrected chi connectivity index (χ3v) is 4.24. The Bertz CT molecular complexity index is 731. The van der Waals surface area contributed by atoms with Crippen LogP contribution < -0.4 is 5.32 Å². The fraction of sp³-hybridized carbons (Fsp3) is 0.211. The number of hydrogen-bond donors (Lipinski definition) is 1. The maximum absolute atomic E-state index is 12.3. The van der Waals surface area contributed by atoms with Gasteiger partial charge in [0.05, 0.1) is 0 Å². The molecule has 0 bridgehead atoms. The smallest absolute Gasteiger partial charge is 0.248 e. The van der Waals surface area contributed by atoms with E-state index in [0.29, 0.717) is 21.5 Å². The molecular formula is C19H19Cl2NO. The second-order valence-electron chi connectivity index (χ2n) is 5.65. The monoisotopic (exact) mass is 347 g/mol. The van der Waals surface area contributed by atoms with E-state index < -0.39 is 0 Å². The maximum Gasteiger partial charge on any atom is 0.248 e. The molecule has 0 saturated carbocycles. The van der Waals surface area contributed by atoms with E-state index in [1.54, 1.807) is 24.3 Å². The summed E-state index contributed by atoms with van der Waals surface area (Å²) in [5.41, 5.74) is 3.65. The topological polar surface area (TPSA) is 29.1 Å². The van der Waals surface area contributed by atoms with Crippen LogP contribution in [0.3, 0.4) is 0 Å². The Balaban J connectivity index is 2.22. The number of benzene rings is 2. The molecule has 0 atom stereocenters. The van der Waals surface area contributed by atoms with Crippen LogP contribution in [0.1, 0.15) is 36.5 Å². The molecule has 0 fully saturated rings. The van der Waals surface area contributed by atoms with E-state index in [4.69, 9.17) is 23.2 Å². The van der Waals surface area contributed by atoms with Gasteiger partial charge in [-0.3, -0.25) is 4.79 Å². The van der Waals surface area contributed by atoms with Gasteiger partial charge in [-0.05, 0) is 42.2 Å². The van der Waals surface area contributed by atoms with Crippen molar-refractivity contribution in [2.24, 2.45) is 0 Å². The van der Waals surface area contributed by atoms with Crippen molar-refractivity contribution in [2.75, 3.05) is 5.32 Å². The molecule has 2 rings (SSSR count). The second-order valence-corrected chi connectivity index (χ2v) is 6.47. The molecular weight excluding hydrogens is 329 g/mol. The normalized spacial score (nSPS) is 11.2. The minimum Gasteiger partial charge on any atom is -0.322 e. The standard InChI is InChI=1S/C19H19Cl2NO/c1-12(2)14-7-4-6-13(3)19(14)22-18(23)11-10-15-16(20)8-5-9-17(15)21/h4-12H,1-3H3,(H,22,23). The molecule has 0 heterocycles. The summed E-state index contributed by atoms with van der Waals surface area (Å²) in [5.74, 6) is 0.115. The molecule has 2 aromatic carbocycles. The van der Waals surface area contributed by atoms with Crippen molar-refractivity contribution >= 4 is 40.9 Å². The van der Waals surface area contributed by atoms with Gasteiger partial charge < -0.3 is 5.32 Å². The predicted octanol–water partition coefficient (Wildman–Crippen LogP) is 6.08. The van der Waals surface area contributed by atoms with E-state index >= 15 is 0 Å². The van der Waals surface area contributed by atoms with Crippen LogP contribution in [0.4, 0.5) is 5.69 Å². The second kappa shape index (κ2) is 7.67. The average molecular weight is 348 g/mol. The highest BCUT2D eigenvalue weighted by molar-refractivity contribution is 6.37. The van der Waals surface area contributed by atoms with E-state index in [2.05, 4.69) is 19.2 Å². The highest BCUT2D eigenvalue weighted by Crippen LogP contribution is 2.28. The summed E-state index contributed by atoms with van der Waals surface area (Å²) in [6.07, 6.45) is 3.08. The van der Waals surface area contributed by atoms with Crippen molar-refractivity contribution in [1.29, 1.82) is 0 Å². The summed E-state index contributed by atoms with van der Waals surface area (Å²) < 4.78 is 0. The maximum atomic E-state index is 12.3. The Morgan fingerprint density at radius 2 is 1.70 bits per heavy atom. The zero-order valence-electron chi connectivity index (χ0n) is 13.4. The van der Waals surface area contributed by atoms with Crippen LogP contribution in [-0.2, 0) is 4.79 Å². The van der Waals surface area contributed by atoms with E-state index in [0.717, 1.165) is 16.8 Å². The average Bonchev–Trinajstić information content (AvgIpc) is 2.48. The zero-order chi connectivity index (χ0) is 17.0. The molecule has 120 valence electrons. The number of carbonyl (C=O) groups excluding carboxylic acids is 1. The first-order valence-corrected chi connectivity index (χ1v) is 8.18. The van der Waals surface area contributed by atoms with E-state index in [-0.39, 0.29) is 5.91 Å². The van der Waals surface area contributed by atoms with Gasteiger partial charge in [0.1, 0.15) is 0 Å². The summed E-state index contributed by atoms with van der Waals surface area (Å²) in [6, 6.07) is 11.3. The number of hydrogen-bond acceptors (Lipinski definition) is 1. The molecule has 1 amide bonds. The molecule has 0 spiro atoms. The minimum absolute atomic E-state index is 0.211. The van der Waals surface area contributed by atoms with Gasteiger partial charge in [0.2, 0.25) is 5.91 Å². The Hall–Kier alpha value is -1.77. The number of halogens is 2. The minimum atomic E-state index is -0.211. The summed E-state index contributed by atoms with van der Waals surface area (Å²) in [4.78, 5) is 12.3. The summed E-state index contributed by atoms with van der Waals surface area (Å²) in [5, 5.41) is 3.99. The van der Waals surface area contributed by atoms with Gasteiger partial charge in [0.25, 0.3) is 0 Å². The van der Waals surface area contributed by atoms with Gasteiger partial charge >= 0.3 is 0 Å². The van der Waals surface area contributed by atoms with Crippen molar-refractivity contribution in [1.82, 2.24) is 0 Å². The number of aryl methyl sites for hydroxylation is 1. The molecule has 1 N–H and O–H groups in total. The number of anilines is 1. The van der Waals surface area contributed by atoms with Crippen molar-refractivity contribution < 1.29 is 4.79 Å². The van der Waals surface area contributed by atoms with Crippen molar-refractivity contribution in [3.8, 4) is 0 Å². The van der Waals surface area contributed by atoms with Gasteiger partial charge in [-0.15, -0.1) is 0 Å². The molecule has 4 heteroatoms. The van der Waals surface area contributed by atoms with Gasteiger partial charge in [-0.2, -0.15) is 0 Å². The van der Waals surface area contributed by atoms with E-state index in [1.807, 2.05) is 25.1 Å². The molecule has 0 saturated heterocycles. The zero-order valence-corrected chi connectivity index (χ0v) is 14.9. The number of nitrogens with one attached hydrogen (secondary N) is 1. The highest BCUT2D eigenvalue weighted by Gasteiger charge is 2.11. The van der Waals surface area contributed by atoms with Crippen molar-refractivity contribution in [2.45, 2.75) is 26.7 Å². The van der Waals surface area contributed by atoms with Crippen LogP contribution in [0.15, 0.2) is 42.5 Å². The summed E-state index contributed by atoms with van der Waals surface area (Å²) in [7, 11) is 0. The highest BCUT2D eigenvalue weighted by atomic mass is 35.5. The molecule has 23 heavy (non-hydrogen) atoms. The quantitative estimate of drug-likeness (QED) is 0.667.